The highest BCUT2D eigenvalue weighted by atomic mass is 32.1. The van der Waals surface area contributed by atoms with Gasteiger partial charge in [0.25, 0.3) is 0 Å². The van der Waals surface area contributed by atoms with Crippen LogP contribution in [0.25, 0.3) is 10.2 Å². The molecule has 0 unspecified atom stereocenters. The number of halogens is 1. The van der Waals surface area contributed by atoms with Crippen LogP contribution in [-0.4, -0.2) is 42.0 Å². The van der Waals surface area contributed by atoms with Gasteiger partial charge in [-0.1, -0.05) is 55.0 Å². The van der Waals surface area contributed by atoms with Gasteiger partial charge in [0.05, 0.1) is 16.6 Å². The zero-order valence-electron chi connectivity index (χ0n) is 16.6. The summed E-state index contributed by atoms with van der Waals surface area (Å²) in [5.74, 6) is -0.277. The number of hydrogen-bond donors (Lipinski definition) is 0. The summed E-state index contributed by atoms with van der Waals surface area (Å²) in [6.45, 7) is 9.45. The van der Waals surface area contributed by atoms with Crippen molar-refractivity contribution in [2.45, 2.75) is 27.2 Å². The Morgan fingerprint density at radius 3 is 2.61 bits per heavy atom. The summed E-state index contributed by atoms with van der Waals surface area (Å²) in [4.78, 5) is 21.8. The first-order valence-electron chi connectivity index (χ1n) is 9.64. The van der Waals surface area contributed by atoms with E-state index in [0.29, 0.717) is 18.1 Å². The van der Waals surface area contributed by atoms with Crippen molar-refractivity contribution in [3.8, 4) is 0 Å². The number of anilines is 1. The van der Waals surface area contributed by atoms with E-state index < -0.39 is 0 Å². The molecule has 0 bridgehead atoms. The first-order chi connectivity index (χ1) is 13.5. The maximum absolute atomic E-state index is 13.6. The minimum absolute atomic E-state index is 0.0114. The normalized spacial score (nSPS) is 11.3. The molecular weight excluding hydrogens is 373 g/mol. The molecule has 0 atom stereocenters. The SMILES string of the molecule is CCN(CC)CCN(C(=O)Cc1cccc(C)c1)c1nc2ccc(F)cc2s1. The van der Waals surface area contributed by atoms with E-state index in [1.807, 2.05) is 31.2 Å². The van der Waals surface area contributed by atoms with Crippen molar-refractivity contribution in [1.82, 2.24) is 9.88 Å². The van der Waals surface area contributed by atoms with Gasteiger partial charge in [0.15, 0.2) is 5.13 Å². The molecule has 1 aromatic heterocycles. The number of benzene rings is 2. The number of likely N-dealkylation sites (N-methyl/N-ethyl adjacent to an activating group) is 1. The van der Waals surface area contributed by atoms with Gasteiger partial charge in [-0.15, -0.1) is 0 Å². The van der Waals surface area contributed by atoms with Crippen LogP contribution in [0.5, 0.6) is 0 Å². The summed E-state index contributed by atoms with van der Waals surface area (Å²) < 4.78 is 14.3. The van der Waals surface area contributed by atoms with Gasteiger partial charge in [-0.2, -0.15) is 0 Å². The third kappa shape index (κ3) is 4.94. The van der Waals surface area contributed by atoms with E-state index in [-0.39, 0.29) is 11.7 Å². The second kappa shape index (κ2) is 9.26. The van der Waals surface area contributed by atoms with Crippen LogP contribution in [0.1, 0.15) is 25.0 Å². The zero-order chi connectivity index (χ0) is 20.1. The van der Waals surface area contributed by atoms with Crippen LogP contribution in [0, 0.1) is 12.7 Å². The molecule has 0 N–H and O–H groups in total. The molecule has 0 aliphatic carbocycles. The maximum Gasteiger partial charge on any atom is 0.233 e. The molecule has 1 amide bonds. The van der Waals surface area contributed by atoms with Crippen LogP contribution in [-0.2, 0) is 11.2 Å². The topological polar surface area (TPSA) is 36.4 Å². The van der Waals surface area contributed by atoms with Crippen LogP contribution < -0.4 is 4.90 Å². The minimum atomic E-state index is -0.288. The van der Waals surface area contributed by atoms with Crippen molar-refractivity contribution >= 4 is 32.6 Å². The van der Waals surface area contributed by atoms with Gasteiger partial charge >= 0.3 is 0 Å². The lowest BCUT2D eigenvalue weighted by Crippen LogP contribution is -2.39. The lowest BCUT2D eigenvalue weighted by molar-refractivity contribution is -0.118. The number of rotatable bonds is 8. The lowest BCUT2D eigenvalue weighted by Gasteiger charge is -2.24. The monoisotopic (exact) mass is 399 g/mol. The third-order valence-electron chi connectivity index (χ3n) is 4.84. The fourth-order valence-electron chi connectivity index (χ4n) is 3.20. The summed E-state index contributed by atoms with van der Waals surface area (Å²) in [5, 5.41) is 0.630. The standard InChI is InChI=1S/C22H26FN3OS/c1-4-25(5-2)11-12-26(21(27)14-17-8-6-7-16(3)13-17)22-24-19-10-9-18(23)15-20(19)28-22/h6-10,13,15H,4-5,11-12,14H2,1-3H3. The summed E-state index contributed by atoms with van der Waals surface area (Å²) in [6.07, 6.45) is 0.324. The van der Waals surface area contributed by atoms with Crippen LogP contribution in [0.15, 0.2) is 42.5 Å². The van der Waals surface area contributed by atoms with E-state index >= 15 is 0 Å². The van der Waals surface area contributed by atoms with Crippen molar-refractivity contribution in [1.29, 1.82) is 0 Å². The van der Waals surface area contributed by atoms with E-state index in [9.17, 15) is 9.18 Å². The van der Waals surface area contributed by atoms with Crippen molar-refractivity contribution in [2.75, 3.05) is 31.1 Å². The van der Waals surface area contributed by atoms with E-state index in [4.69, 9.17) is 0 Å². The van der Waals surface area contributed by atoms with Gasteiger partial charge in [-0.25, -0.2) is 9.37 Å². The van der Waals surface area contributed by atoms with Crippen molar-refractivity contribution in [3.05, 3.63) is 59.4 Å². The molecule has 0 spiro atoms. The number of aromatic nitrogens is 1. The first-order valence-corrected chi connectivity index (χ1v) is 10.5. The molecule has 3 rings (SSSR count). The molecule has 28 heavy (non-hydrogen) atoms. The predicted octanol–water partition coefficient (Wildman–Crippen LogP) is 4.66. The fraction of sp³-hybridized carbons (Fsp3) is 0.364. The third-order valence-corrected chi connectivity index (χ3v) is 5.88. The highest BCUT2D eigenvalue weighted by Gasteiger charge is 2.21. The quantitative estimate of drug-likeness (QED) is 0.553. The second-order valence-electron chi connectivity index (χ2n) is 6.85. The highest BCUT2D eigenvalue weighted by molar-refractivity contribution is 7.22. The Hall–Kier alpha value is -2.31. The molecule has 0 fully saturated rings. The van der Waals surface area contributed by atoms with Crippen molar-refractivity contribution < 1.29 is 9.18 Å². The van der Waals surface area contributed by atoms with Gasteiger partial charge in [-0.05, 0) is 43.8 Å². The Bertz CT molecular complexity index is 952. The van der Waals surface area contributed by atoms with Crippen molar-refractivity contribution in [2.24, 2.45) is 0 Å². The van der Waals surface area contributed by atoms with Crippen LogP contribution >= 0.6 is 11.3 Å². The number of nitrogens with zero attached hydrogens (tertiary/aromatic N) is 3. The smallest absolute Gasteiger partial charge is 0.233 e. The highest BCUT2D eigenvalue weighted by Crippen LogP contribution is 2.29. The Morgan fingerprint density at radius 1 is 1.11 bits per heavy atom. The molecule has 6 heteroatoms. The summed E-state index contributed by atoms with van der Waals surface area (Å²) in [6, 6.07) is 12.5. The van der Waals surface area contributed by atoms with Crippen LogP contribution in [0.3, 0.4) is 0 Å². The Kier molecular flexibility index (Phi) is 6.75. The van der Waals surface area contributed by atoms with Gasteiger partial charge in [-0.3, -0.25) is 9.69 Å². The summed E-state index contributed by atoms with van der Waals surface area (Å²) in [7, 11) is 0. The summed E-state index contributed by atoms with van der Waals surface area (Å²) in [5.41, 5.74) is 2.85. The van der Waals surface area contributed by atoms with Gasteiger partial charge in [0.2, 0.25) is 5.91 Å². The molecular formula is C22H26FN3OS. The van der Waals surface area contributed by atoms with E-state index in [2.05, 4.69) is 23.7 Å². The van der Waals surface area contributed by atoms with Crippen LogP contribution in [0.2, 0.25) is 0 Å². The molecule has 1 heterocycles. The largest absolute Gasteiger partial charge is 0.302 e. The minimum Gasteiger partial charge on any atom is -0.302 e. The number of carbonyl (C=O) groups excluding carboxylic acids is 1. The number of amides is 1. The van der Waals surface area contributed by atoms with E-state index in [1.165, 1.54) is 23.5 Å². The Morgan fingerprint density at radius 2 is 1.89 bits per heavy atom. The van der Waals surface area contributed by atoms with Gasteiger partial charge in [0.1, 0.15) is 5.82 Å². The first kappa shape index (κ1) is 20.4. The molecule has 148 valence electrons. The van der Waals surface area contributed by atoms with E-state index in [0.717, 1.165) is 41.0 Å². The average molecular weight is 400 g/mol. The number of hydrogen-bond acceptors (Lipinski definition) is 4. The second-order valence-corrected chi connectivity index (χ2v) is 7.86. The molecule has 3 aromatic rings. The summed E-state index contributed by atoms with van der Waals surface area (Å²) >= 11 is 1.36. The number of carbonyl (C=O) groups is 1. The maximum atomic E-state index is 13.6. The molecule has 0 radical (unpaired) electrons. The molecule has 0 aliphatic heterocycles. The lowest BCUT2D eigenvalue weighted by atomic mass is 10.1. The Labute approximate surface area is 169 Å². The Balaban J connectivity index is 1.87. The fourth-order valence-corrected chi connectivity index (χ4v) is 4.24. The molecule has 2 aromatic carbocycles. The van der Waals surface area contributed by atoms with Crippen molar-refractivity contribution in [3.63, 3.8) is 0 Å². The number of aryl methyl sites for hydroxylation is 1. The molecule has 0 saturated carbocycles. The van der Waals surface area contributed by atoms with Gasteiger partial charge in [0, 0.05) is 13.1 Å². The predicted molar refractivity (Wildman–Crippen MR) is 115 cm³/mol. The average Bonchev–Trinajstić information content (AvgIpc) is 3.07. The number of fused-ring (bicyclic) bond motifs is 1. The molecule has 4 nitrogen and oxygen atoms in total. The zero-order valence-corrected chi connectivity index (χ0v) is 17.4. The van der Waals surface area contributed by atoms with E-state index in [1.54, 1.807) is 11.0 Å². The molecule has 0 saturated heterocycles. The van der Waals surface area contributed by atoms with Gasteiger partial charge < -0.3 is 4.90 Å². The molecule has 0 aliphatic rings. The van der Waals surface area contributed by atoms with Crippen LogP contribution in [0.4, 0.5) is 9.52 Å². The number of thiazole rings is 1.